The molecule has 0 saturated carbocycles. The van der Waals surface area contributed by atoms with Crippen molar-refractivity contribution < 1.29 is 13.9 Å². The highest BCUT2D eigenvalue weighted by atomic mass is 16.5. The number of nitriles is 1. The van der Waals surface area contributed by atoms with Crippen molar-refractivity contribution >= 4 is 11.6 Å². The minimum atomic E-state index is -1.70. The molecule has 7 heteroatoms. The highest BCUT2D eigenvalue weighted by Gasteiger charge is 2.64. The summed E-state index contributed by atoms with van der Waals surface area (Å²) in [6.45, 7) is 9.84. The Balaban J connectivity index is 2.02. The summed E-state index contributed by atoms with van der Waals surface area (Å²) in [7, 11) is 0. The minimum Gasteiger partial charge on any atom is -0.440 e. The van der Waals surface area contributed by atoms with Gasteiger partial charge in [-0.1, -0.05) is 26.0 Å². The van der Waals surface area contributed by atoms with Crippen molar-refractivity contribution in [2.24, 2.45) is 5.73 Å². The lowest BCUT2D eigenvalue weighted by Crippen LogP contribution is -2.55. The molecular weight excluding hydrogens is 406 g/mol. The van der Waals surface area contributed by atoms with Gasteiger partial charge in [-0.05, 0) is 50.7 Å². The van der Waals surface area contributed by atoms with Gasteiger partial charge in [0.15, 0.2) is 5.41 Å². The molecule has 1 aromatic carbocycles. The lowest BCUT2D eigenvalue weighted by Gasteiger charge is -2.44. The molecule has 0 fully saturated rings. The summed E-state index contributed by atoms with van der Waals surface area (Å²) >= 11 is 0. The second kappa shape index (κ2) is 6.26. The van der Waals surface area contributed by atoms with Crippen molar-refractivity contribution in [2.45, 2.75) is 64.3 Å². The zero-order valence-electron chi connectivity index (χ0n) is 18.8. The molecule has 3 aliphatic rings. The van der Waals surface area contributed by atoms with Gasteiger partial charge in [-0.15, -0.1) is 0 Å². The van der Waals surface area contributed by atoms with Crippen molar-refractivity contribution in [3.8, 4) is 11.8 Å². The standard InChI is InChI=1S/C25H25N3O4/c1-6-14-8-15-12(2)10-24(4,5)28-20(15)16(9-14)25(23(28)30)17(11-26)21(27)32-18-7-13(3)31-22(29)19(18)25/h7-9,12H,6,10,27H2,1-5H3/t12-,25+/m0/s1. The molecule has 2 N–H and O–H groups in total. The van der Waals surface area contributed by atoms with E-state index >= 15 is 0 Å². The van der Waals surface area contributed by atoms with Gasteiger partial charge in [-0.25, -0.2) is 4.79 Å². The minimum absolute atomic E-state index is 0.0205. The molecule has 0 radical (unpaired) electrons. The van der Waals surface area contributed by atoms with Crippen LogP contribution < -0.4 is 21.0 Å². The first-order valence-electron chi connectivity index (χ1n) is 10.8. The number of amides is 1. The second-order valence-electron chi connectivity index (χ2n) is 9.58. The number of carbonyl (C=O) groups excluding carboxylic acids is 1. The van der Waals surface area contributed by atoms with Crippen LogP contribution in [0.1, 0.15) is 68.0 Å². The number of anilines is 1. The third-order valence-electron chi connectivity index (χ3n) is 7.07. The van der Waals surface area contributed by atoms with Gasteiger partial charge in [0.1, 0.15) is 28.7 Å². The van der Waals surface area contributed by atoms with Gasteiger partial charge in [0.2, 0.25) is 11.8 Å². The maximum absolute atomic E-state index is 14.4. The highest BCUT2D eigenvalue weighted by molar-refractivity contribution is 6.16. The van der Waals surface area contributed by atoms with E-state index in [-0.39, 0.29) is 34.6 Å². The fraction of sp³-hybridized carbons (Fsp3) is 0.400. The molecular formula is C25H25N3O4. The molecule has 1 spiro atoms. The Morgan fingerprint density at radius 1 is 1.28 bits per heavy atom. The predicted molar refractivity (Wildman–Crippen MR) is 118 cm³/mol. The largest absolute Gasteiger partial charge is 0.440 e. The molecule has 4 heterocycles. The van der Waals surface area contributed by atoms with Gasteiger partial charge in [0.25, 0.3) is 0 Å². The van der Waals surface area contributed by atoms with Crippen LogP contribution in [0.4, 0.5) is 5.69 Å². The van der Waals surface area contributed by atoms with Gasteiger partial charge < -0.3 is 19.8 Å². The Hall–Kier alpha value is -3.53. The summed E-state index contributed by atoms with van der Waals surface area (Å²) in [5, 5.41) is 10.2. The summed E-state index contributed by atoms with van der Waals surface area (Å²) in [4.78, 5) is 29.5. The monoisotopic (exact) mass is 431 g/mol. The molecule has 0 unspecified atom stereocenters. The number of rotatable bonds is 1. The van der Waals surface area contributed by atoms with Crippen molar-refractivity contribution in [2.75, 3.05) is 4.90 Å². The summed E-state index contributed by atoms with van der Waals surface area (Å²) in [5.41, 5.74) is 6.70. The van der Waals surface area contributed by atoms with E-state index < -0.39 is 16.6 Å². The van der Waals surface area contributed by atoms with Crippen LogP contribution in [0.2, 0.25) is 0 Å². The maximum atomic E-state index is 14.4. The van der Waals surface area contributed by atoms with Crippen LogP contribution in [-0.2, 0) is 16.6 Å². The molecule has 3 aliphatic heterocycles. The number of carbonyl (C=O) groups is 1. The van der Waals surface area contributed by atoms with E-state index in [0.29, 0.717) is 11.3 Å². The highest BCUT2D eigenvalue weighted by Crippen LogP contribution is 2.60. The first-order chi connectivity index (χ1) is 15.1. The number of hydrogen-bond donors (Lipinski definition) is 1. The van der Waals surface area contributed by atoms with Gasteiger partial charge in [0.05, 0.1) is 5.69 Å². The lowest BCUT2D eigenvalue weighted by atomic mass is 9.68. The lowest BCUT2D eigenvalue weighted by molar-refractivity contribution is -0.122. The molecule has 0 bridgehead atoms. The molecule has 2 atom stereocenters. The molecule has 1 aromatic heterocycles. The number of aryl methyl sites for hydroxylation is 2. The van der Waals surface area contributed by atoms with E-state index in [1.807, 2.05) is 26.8 Å². The zero-order valence-corrected chi connectivity index (χ0v) is 18.8. The van der Waals surface area contributed by atoms with Gasteiger partial charge >= 0.3 is 5.63 Å². The number of nitrogens with zero attached hydrogens (tertiary/aromatic N) is 2. The van der Waals surface area contributed by atoms with E-state index in [0.717, 1.165) is 29.7 Å². The fourth-order valence-electron chi connectivity index (χ4n) is 5.85. The zero-order chi connectivity index (χ0) is 23.2. The summed E-state index contributed by atoms with van der Waals surface area (Å²) < 4.78 is 11.1. The quantitative estimate of drug-likeness (QED) is 0.740. The van der Waals surface area contributed by atoms with Crippen LogP contribution in [0.5, 0.6) is 5.75 Å². The van der Waals surface area contributed by atoms with Crippen molar-refractivity contribution in [3.05, 3.63) is 68.1 Å². The second-order valence-corrected chi connectivity index (χ2v) is 9.58. The average molecular weight is 431 g/mol. The van der Waals surface area contributed by atoms with E-state index in [1.165, 1.54) is 0 Å². The van der Waals surface area contributed by atoms with Gasteiger partial charge in [0, 0.05) is 17.2 Å². The number of ether oxygens (including phenoxy) is 1. The van der Waals surface area contributed by atoms with Crippen molar-refractivity contribution in [1.82, 2.24) is 0 Å². The molecule has 0 aliphatic carbocycles. The first kappa shape index (κ1) is 20.4. The molecule has 2 aromatic rings. The summed E-state index contributed by atoms with van der Waals surface area (Å²) in [6.07, 6.45) is 1.50. The normalized spacial score (nSPS) is 24.8. The van der Waals surface area contributed by atoms with Gasteiger partial charge in [-0.2, -0.15) is 5.26 Å². The van der Waals surface area contributed by atoms with Crippen LogP contribution in [0.3, 0.4) is 0 Å². The van der Waals surface area contributed by atoms with E-state index in [4.69, 9.17) is 14.9 Å². The molecule has 5 rings (SSSR count). The number of fused-ring (bicyclic) bond motifs is 3. The number of hydrogen-bond acceptors (Lipinski definition) is 6. The van der Waals surface area contributed by atoms with Crippen LogP contribution in [0, 0.1) is 18.3 Å². The van der Waals surface area contributed by atoms with Crippen LogP contribution in [0.15, 0.2) is 38.9 Å². The van der Waals surface area contributed by atoms with E-state index in [9.17, 15) is 14.9 Å². The van der Waals surface area contributed by atoms with E-state index in [1.54, 1.807) is 17.9 Å². The maximum Gasteiger partial charge on any atom is 0.344 e. The molecule has 1 amide bonds. The summed E-state index contributed by atoms with van der Waals surface area (Å²) in [5.74, 6) is 0.162. The number of nitrogens with two attached hydrogens (primary N) is 1. The Morgan fingerprint density at radius 3 is 2.66 bits per heavy atom. The molecule has 164 valence electrons. The third kappa shape index (κ3) is 2.24. The molecule has 32 heavy (non-hydrogen) atoms. The predicted octanol–water partition coefficient (Wildman–Crippen LogP) is 3.52. The van der Waals surface area contributed by atoms with Crippen molar-refractivity contribution in [3.63, 3.8) is 0 Å². The SMILES string of the molecule is CCc1cc2c3c(c1)[C@@]1(C(=O)N3C(C)(C)C[C@@H]2C)C(C#N)=C(N)Oc2cc(C)oc(=O)c21. The average Bonchev–Trinajstić information content (AvgIpc) is 2.95. The Kier molecular flexibility index (Phi) is 3.98. The topological polar surface area (TPSA) is 110 Å². The van der Waals surface area contributed by atoms with Crippen LogP contribution in [0.25, 0.3) is 0 Å². The Morgan fingerprint density at radius 2 is 2.00 bits per heavy atom. The molecule has 0 saturated heterocycles. The number of benzene rings is 1. The third-order valence-corrected chi connectivity index (χ3v) is 7.07. The Bertz CT molecular complexity index is 1340. The smallest absolute Gasteiger partial charge is 0.344 e. The fourth-order valence-corrected chi connectivity index (χ4v) is 5.85. The van der Waals surface area contributed by atoms with Gasteiger partial charge in [-0.3, -0.25) is 4.79 Å². The molecule has 7 nitrogen and oxygen atoms in total. The summed E-state index contributed by atoms with van der Waals surface area (Å²) in [6, 6.07) is 7.72. The van der Waals surface area contributed by atoms with Crippen molar-refractivity contribution in [1.29, 1.82) is 5.26 Å². The Labute approximate surface area is 186 Å². The van der Waals surface area contributed by atoms with Crippen LogP contribution >= 0.6 is 0 Å². The first-order valence-corrected chi connectivity index (χ1v) is 10.8. The van der Waals surface area contributed by atoms with E-state index in [2.05, 4.69) is 19.1 Å². The van der Waals surface area contributed by atoms with Crippen LogP contribution in [-0.4, -0.2) is 11.4 Å².